The summed E-state index contributed by atoms with van der Waals surface area (Å²) in [4.78, 5) is 16.6. The zero-order valence-electron chi connectivity index (χ0n) is 11.8. The fraction of sp³-hybridized carbons (Fsp3) is 0.125. The number of halogens is 1. The van der Waals surface area contributed by atoms with Crippen molar-refractivity contribution < 1.29 is 9.53 Å². The van der Waals surface area contributed by atoms with Crippen molar-refractivity contribution in [2.24, 2.45) is 0 Å². The third-order valence-electron chi connectivity index (χ3n) is 3.00. The molecule has 2 aromatic carbocycles. The molecule has 0 atom stereocenters. The van der Waals surface area contributed by atoms with Gasteiger partial charge >= 0.3 is 0 Å². The SMILES string of the molecule is CCOc1ccc(C(=O)Nc2nc3ccc(Br)cc3s2)cc1. The van der Waals surface area contributed by atoms with Crippen LogP contribution in [0.15, 0.2) is 46.9 Å². The van der Waals surface area contributed by atoms with Crippen LogP contribution in [0.3, 0.4) is 0 Å². The molecule has 1 aromatic heterocycles. The average molecular weight is 377 g/mol. The number of thiazole rings is 1. The van der Waals surface area contributed by atoms with Gasteiger partial charge in [-0.1, -0.05) is 27.3 Å². The van der Waals surface area contributed by atoms with Gasteiger partial charge in [0.25, 0.3) is 5.91 Å². The van der Waals surface area contributed by atoms with E-state index in [0.29, 0.717) is 17.3 Å². The van der Waals surface area contributed by atoms with E-state index in [1.807, 2.05) is 25.1 Å². The first-order valence-corrected chi connectivity index (χ1v) is 8.37. The Balaban J connectivity index is 1.77. The first kappa shape index (κ1) is 15.0. The van der Waals surface area contributed by atoms with Crippen LogP contribution in [0.4, 0.5) is 5.13 Å². The summed E-state index contributed by atoms with van der Waals surface area (Å²) in [5.41, 5.74) is 1.44. The minimum absolute atomic E-state index is 0.179. The number of carbonyl (C=O) groups excluding carboxylic acids is 1. The second-order valence-electron chi connectivity index (χ2n) is 4.54. The molecule has 0 saturated heterocycles. The number of aromatic nitrogens is 1. The van der Waals surface area contributed by atoms with Crippen molar-refractivity contribution in [2.45, 2.75) is 6.92 Å². The maximum absolute atomic E-state index is 12.2. The van der Waals surface area contributed by atoms with Gasteiger partial charge in [-0.05, 0) is 49.4 Å². The number of nitrogens with one attached hydrogen (secondary N) is 1. The molecule has 0 spiro atoms. The Bertz CT molecular complexity index is 815. The number of rotatable bonds is 4. The highest BCUT2D eigenvalue weighted by Crippen LogP contribution is 2.28. The summed E-state index contributed by atoms with van der Waals surface area (Å²) < 4.78 is 7.38. The van der Waals surface area contributed by atoms with Crippen molar-refractivity contribution in [2.75, 3.05) is 11.9 Å². The number of hydrogen-bond acceptors (Lipinski definition) is 4. The number of carbonyl (C=O) groups is 1. The lowest BCUT2D eigenvalue weighted by Crippen LogP contribution is -2.11. The molecular weight excluding hydrogens is 364 g/mol. The first-order chi connectivity index (χ1) is 10.7. The standard InChI is InChI=1S/C16H13BrN2O2S/c1-2-21-12-6-3-10(4-7-12)15(20)19-16-18-13-8-5-11(17)9-14(13)22-16/h3-9H,2H2,1H3,(H,18,19,20). The van der Waals surface area contributed by atoms with E-state index in [1.54, 1.807) is 24.3 Å². The van der Waals surface area contributed by atoms with Gasteiger partial charge in [0.15, 0.2) is 5.13 Å². The monoisotopic (exact) mass is 376 g/mol. The molecule has 0 aliphatic rings. The summed E-state index contributed by atoms with van der Waals surface area (Å²) in [7, 11) is 0. The molecule has 0 fully saturated rings. The van der Waals surface area contributed by atoms with Crippen LogP contribution in [-0.4, -0.2) is 17.5 Å². The van der Waals surface area contributed by atoms with E-state index in [4.69, 9.17) is 4.74 Å². The molecule has 0 unspecified atom stereocenters. The molecule has 22 heavy (non-hydrogen) atoms. The van der Waals surface area contributed by atoms with Crippen molar-refractivity contribution in [3.05, 3.63) is 52.5 Å². The number of amides is 1. The van der Waals surface area contributed by atoms with Crippen molar-refractivity contribution in [1.82, 2.24) is 4.98 Å². The molecule has 3 aromatic rings. The molecule has 4 nitrogen and oxygen atoms in total. The van der Waals surface area contributed by atoms with Crippen LogP contribution in [0, 0.1) is 0 Å². The molecule has 1 heterocycles. The van der Waals surface area contributed by atoms with Gasteiger partial charge in [-0.3, -0.25) is 10.1 Å². The number of benzene rings is 2. The lowest BCUT2D eigenvalue weighted by Gasteiger charge is -2.04. The quantitative estimate of drug-likeness (QED) is 0.717. The Kier molecular flexibility index (Phi) is 4.40. The summed E-state index contributed by atoms with van der Waals surface area (Å²) in [6, 6.07) is 12.9. The summed E-state index contributed by atoms with van der Waals surface area (Å²) in [6.07, 6.45) is 0. The maximum Gasteiger partial charge on any atom is 0.257 e. The van der Waals surface area contributed by atoms with Gasteiger partial charge in [-0.15, -0.1) is 0 Å². The number of nitrogens with zero attached hydrogens (tertiary/aromatic N) is 1. The zero-order chi connectivity index (χ0) is 15.5. The predicted molar refractivity (Wildman–Crippen MR) is 92.9 cm³/mol. The molecule has 112 valence electrons. The molecule has 6 heteroatoms. The molecule has 0 bridgehead atoms. The van der Waals surface area contributed by atoms with Gasteiger partial charge in [0, 0.05) is 10.0 Å². The van der Waals surface area contributed by atoms with Gasteiger partial charge in [-0.2, -0.15) is 0 Å². The molecule has 0 saturated carbocycles. The van der Waals surface area contributed by atoms with Crippen molar-refractivity contribution in [1.29, 1.82) is 0 Å². The van der Waals surface area contributed by atoms with Gasteiger partial charge in [0.2, 0.25) is 0 Å². The molecular formula is C16H13BrN2O2S. The minimum Gasteiger partial charge on any atom is -0.494 e. The molecule has 0 aliphatic carbocycles. The lowest BCUT2D eigenvalue weighted by molar-refractivity contribution is 0.102. The fourth-order valence-electron chi connectivity index (χ4n) is 1.99. The Morgan fingerprint density at radius 3 is 2.77 bits per heavy atom. The fourth-order valence-corrected chi connectivity index (χ4v) is 3.40. The van der Waals surface area contributed by atoms with E-state index in [1.165, 1.54) is 11.3 Å². The van der Waals surface area contributed by atoms with Gasteiger partial charge in [0.1, 0.15) is 5.75 Å². The molecule has 1 N–H and O–H groups in total. The Morgan fingerprint density at radius 2 is 2.05 bits per heavy atom. The van der Waals surface area contributed by atoms with Gasteiger partial charge < -0.3 is 4.74 Å². The third-order valence-corrected chi connectivity index (χ3v) is 4.43. The van der Waals surface area contributed by atoms with E-state index in [-0.39, 0.29) is 5.91 Å². The van der Waals surface area contributed by atoms with Crippen molar-refractivity contribution in [3.8, 4) is 5.75 Å². The van der Waals surface area contributed by atoms with Crippen LogP contribution in [0.5, 0.6) is 5.75 Å². The van der Waals surface area contributed by atoms with Crippen LogP contribution in [0.25, 0.3) is 10.2 Å². The minimum atomic E-state index is -0.179. The Morgan fingerprint density at radius 1 is 1.27 bits per heavy atom. The Hall–Kier alpha value is -1.92. The number of hydrogen-bond donors (Lipinski definition) is 1. The zero-order valence-corrected chi connectivity index (χ0v) is 14.2. The maximum atomic E-state index is 12.2. The van der Waals surface area contributed by atoms with Gasteiger partial charge in [-0.25, -0.2) is 4.98 Å². The second kappa shape index (κ2) is 6.46. The van der Waals surface area contributed by atoms with Crippen LogP contribution in [-0.2, 0) is 0 Å². The predicted octanol–water partition coefficient (Wildman–Crippen LogP) is 4.71. The Labute approximate surface area is 140 Å². The molecule has 0 radical (unpaired) electrons. The highest BCUT2D eigenvalue weighted by molar-refractivity contribution is 9.10. The number of ether oxygens (including phenoxy) is 1. The molecule has 3 rings (SSSR count). The van der Waals surface area contributed by atoms with Gasteiger partial charge in [0.05, 0.1) is 16.8 Å². The van der Waals surface area contributed by atoms with Crippen LogP contribution in [0.2, 0.25) is 0 Å². The summed E-state index contributed by atoms with van der Waals surface area (Å²) in [5, 5.41) is 3.42. The largest absolute Gasteiger partial charge is 0.494 e. The van der Waals surface area contributed by atoms with Crippen molar-refractivity contribution in [3.63, 3.8) is 0 Å². The highest BCUT2D eigenvalue weighted by atomic mass is 79.9. The summed E-state index contributed by atoms with van der Waals surface area (Å²) >= 11 is 4.88. The van der Waals surface area contributed by atoms with E-state index < -0.39 is 0 Å². The normalized spacial score (nSPS) is 10.6. The second-order valence-corrected chi connectivity index (χ2v) is 6.49. The van der Waals surface area contributed by atoms with E-state index >= 15 is 0 Å². The topological polar surface area (TPSA) is 51.2 Å². The lowest BCUT2D eigenvalue weighted by atomic mass is 10.2. The van der Waals surface area contributed by atoms with Crippen LogP contribution in [0.1, 0.15) is 17.3 Å². The third kappa shape index (κ3) is 3.28. The summed E-state index contributed by atoms with van der Waals surface area (Å²) in [6.45, 7) is 2.53. The molecule has 1 amide bonds. The average Bonchev–Trinajstić information content (AvgIpc) is 2.89. The first-order valence-electron chi connectivity index (χ1n) is 6.76. The van der Waals surface area contributed by atoms with Crippen LogP contribution >= 0.6 is 27.3 Å². The van der Waals surface area contributed by atoms with E-state index in [2.05, 4.69) is 26.2 Å². The number of fused-ring (bicyclic) bond motifs is 1. The summed E-state index contributed by atoms with van der Waals surface area (Å²) in [5.74, 6) is 0.574. The smallest absolute Gasteiger partial charge is 0.257 e. The number of anilines is 1. The highest BCUT2D eigenvalue weighted by Gasteiger charge is 2.10. The molecule has 0 aliphatic heterocycles. The van der Waals surface area contributed by atoms with E-state index in [9.17, 15) is 4.79 Å². The van der Waals surface area contributed by atoms with Crippen molar-refractivity contribution >= 4 is 48.5 Å². The van der Waals surface area contributed by atoms with Crippen LogP contribution < -0.4 is 10.1 Å². The van der Waals surface area contributed by atoms with E-state index in [0.717, 1.165) is 20.4 Å².